The number of Topliss-reactive ketones (excluding diaryl/α,β-unsaturated/α-hetero) is 1. The summed E-state index contributed by atoms with van der Waals surface area (Å²) in [5.41, 5.74) is 2.73. The minimum absolute atomic E-state index is 0.0738. The van der Waals surface area contributed by atoms with Gasteiger partial charge in [-0.1, -0.05) is 30.3 Å². The molecule has 1 atom stereocenters. The Balaban J connectivity index is 1.79. The predicted molar refractivity (Wildman–Crippen MR) is 138 cm³/mol. The van der Waals surface area contributed by atoms with Crippen molar-refractivity contribution in [3.8, 4) is 11.4 Å². The second-order valence-electron chi connectivity index (χ2n) is 9.04. The molecule has 1 amide bonds. The van der Waals surface area contributed by atoms with Crippen molar-refractivity contribution < 1.29 is 19.4 Å². The minimum Gasteiger partial charge on any atom is -0.507 e. The molecule has 0 unspecified atom stereocenters. The summed E-state index contributed by atoms with van der Waals surface area (Å²) in [7, 11) is 3.93. The number of aliphatic hydroxyl groups excluding tert-OH is 1. The van der Waals surface area contributed by atoms with Crippen LogP contribution in [0.15, 0.2) is 66.4 Å². The maximum absolute atomic E-state index is 13.3. The van der Waals surface area contributed by atoms with Crippen LogP contribution in [-0.4, -0.2) is 70.2 Å². The Hall–Kier alpha value is -3.91. The molecule has 2 heterocycles. The molecule has 0 aliphatic carbocycles. The molecule has 1 N–H and O–H groups in total. The third kappa shape index (κ3) is 4.90. The molecular weight excluding hydrogens is 456 g/mol. The monoisotopic (exact) mass is 488 g/mol. The van der Waals surface area contributed by atoms with Crippen LogP contribution in [0.5, 0.6) is 5.75 Å². The number of rotatable bonds is 9. The fourth-order valence-corrected chi connectivity index (χ4v) is 4.54. The van der Waals surface area contributed by atoms with Crippen LogP contribution >= 0.6 is 0 Å². The lowest BCUT2D eigenvalue weighted by atomic mass is 9.95. The number of aromatic nitrogens is 2. The number of benzene rings is 2. The standard InChI is InChI=1S/C28H32N4O4/c1-5-36-22-14-12-20(13-15-22)25-24(27(34)28(35)31(25)17-9-16-30(3)4)26(33)23-18-29-32(19(23)2)21-10-7-6-8-11-21/h6-8,10-15,18,25,33H,5,9,16-17H2,1-4H3/b26-24+/t25-/m1/s1. The van der Waals surface area contributed by atoms with Gasteiger partial charge in [-0.2, -0.15) is 5.10 Å². The predicted octanol–water partition coefficient (Wildman–Crippen LogP) is 3.95. The summed E-state index contributed by atoms with van der Waals surface area (Å²) in [4.78, 5) is 30.1. The lowest BCUT2D eigenvalue weighted by Gasteiger charge is -2.26. The number of hydrogen-bond donors (Lipinski definition) is 1. The number of hydrogen-bond acceptors (Lipinski definition) is 6. The van der Waals surface area contributed by atoms with E-state index in [2.05, 4.69) is 5.10 Å². The first-order valence-electron chi connectivity index (χ1n) is 12.1. The van der Waals surface area contributed by atoms with Crippen molar-refractivity contribution in [3.63, 3.8) is 0 Å². The molecule has 0 bridgehead atoms. The number of carbonyl (C=O) groups excluding carboxylic acids is 2. The maximum atomic E-state index is 13.3. The van der Waals surface area contributed by atoms with Crippen LogP contribution in [0.4, 0.5) is 0 Å². The number of aliphatic hydroxyl groups is 1. The van der Waals surface area contributed by atoms with Crippen LogP contribution in [0.2, 0.25) is 0 Å². The highest BCUT2D eigenvalue weighted by atomic mass is 16.5. The quantitative estimate of drug-likeness (QED) is 0.279. The Kier molecular flexibility index (Phi) is 7.55. The zero-order valence-electron chi connectivity index (χ0n) is 21.1. The summed E-state index contributed by atoms with van der Waals surface area (Å²) in [5.74, 6) is -0.821. The third-order valence-corrected chi connectivity index (χ3v) is 6.32. The minimum atomic E-state index is -0.706. The van der Waals surface area contributed by atoms with Crippen LogP contribution in [0.3, 0.4) is 0 Å². The summed E-state index contributed by atoms with van der Waals surface area (Å²) < 4.78 is 7.27. The Labute approximate surface area is 211 Å². The molecule has 1 aliphatic heterocycles. The van der Waals surface area contributed by atoms with E-state index >= 15 is 0 Å². The van der Waals surface area contributed by atoms with Gasteiger partial charge in [-0.3, -0.25) is 9.59 Å². The maximum Gasteiger partial charge on any atom is 0.295 e. The molecule has 8 nitrogen and oxygen atoms in total. The summed E-state index contributed by atoms with van der Waals surface area (Å²) in [6.07, 6.45) is 2.23. The summed E-state index contributed by atoms with van der Waals surface area (Å²) >= 11 is 0. The number of ether oxygens (including phenoxy) is 1. The number of ketones is 1. The highest BCUT2D eigenvalue weighted by molar-refractivity contribution is 6.46. The molecule has 36 heavy (non-hydrogen) atoms. The lowest BCUT2D eigenvalue weighted by Crippen LogP contribution is -2.32. The molecule has 0 spiro atoms. The SMILES string of the molecule is CCOc1ccc([C@@H]2/C(=C(\O)c3cnn(-c4ccccc4)c3C)C(=O)C(=O)N2CCCN(C)C)cc1. The van der Waals surface area contributed by atoms with Gasteiger partial charge in [0.2, 0.25) is 0 Å². The van der Waals surface area contributed by atoms with Crippen molar-refractivity contribution in [2.24, 2.45) is 0 Å². The van der Waals surface area contributed by atoms with Gasteiger partial charge in [0.1, 0.15) is 11.5 Å². The van der Waals surface area contributed by atoms with E-state index in [0.717, 1.165) is 17.8 Å². The fraction of sp³-hybridized carbons (Fsp3) is 0.321. The van der Waals surface area contributed by atoms with Crippen molar-refractivity contribution in [1.82, 2.24) is 19.6 Å². The van der Waals surface area contributed by atoms with Crippen molar-refractivity contribution in [1.29, 1.82) is 0 Å². The van der Waals surface area contributed by atoms with E-state index in [1.165, 1.54) is 6.20 Å². The average Bonchev–Trinajstić information content (AvgIpc) is 3.37. The normalized spacial score (nSPS) is 17.2. The van der Waals surface area contributed by atoms with Crippen molar-refractivity contribution >= 4 is 17.4 Å². The van der Waals surface area contributed by atoms with Crippen LogP contribution in [0.25, 0.3) is 11.4 Å². The Morgan fingerprint density at radius 1 is 1.08 bits per heavy atom. The van der Waals surface area contributed by atoms with E-state index in [1.807, 2.05) is 87.4 Å². The Morgan fingerprint density at radius 2 is 1.78 bits per heavy atom. The molecule has 1 aliphatic rings. The molecule has 2 aromatic carbocycles. The smallest absolute Gasteiger partial charge is 0.295 e. The molecule has 0 saturated carbocycles. The van der Waals surface area contributed by atoms with E-state index in [-0.39, 0.29) is 11.3 Å². The van der Waals surface area contributed by atoms with Gasteiger partial charge >= 0.3 is 0 Å². The first-order chi connectivity index (χ1) is 17.3. The molecule has 1 aromatic heterocycles. The highest BCUT2D eigenvalue weighted by Gasteiger charge is 2.46. The van der Waals surface area contributed by atoms with E-state index in [0.29, 0.717) is 36.6 Å². The van der Waals surface area contributed by atoms with Gasteiger partial charge in [-0.05, 0) is 70.7 Å². The molecule has 0 radical (unpaired) electrons. The number of likely N-dealkylation sites (tertiary alicyclic amines) is 1. The first kappa shape index (κ1) is 25.2. The first-order valence-corrected chi connectivity index (χ1v) is 12.1. The van der Waals surface area contributed by atoms with Crippen molar-refractivity contribution in [2.75, 3.05) is 33.8 Å². The van der Waals surface area contributed by atoms with E-state index in [4.69, 9.17) is 4.74 Å². The summed E-state index contributed by atoms with van der Waals surface area (Å²) in [6, 6.07) is 16.2. The second-order valence-corrected chi connectivity index (χ2v) is 9.04. The van der Waals surface area contributed by atoms with Crippen LogP contribution in [0.1, 0.15) is 36.2 Å². The third-order valence-electron chi connectivity index (χ3n) is 6.32. The number of nitrogens with zero attached hydrogens (tertiary/aromatic N) is 4. The van der Waals surface area contributed by atoms with Crippen LogP contribution in [-0.2, 0) is 9.59 Å². The van der Waals surface area contributed by atoms with Gasteiger partial charge < -0.3 is 19.6 Å². The zero-order valence-corrected chi connectivity index (χ0v) is 21.1. The Bertz CT molecular complexity index is 1260. The molecule has 3 aromatic rings. The highest BCUT2D eigenvalue weighted by Crippen LogP contribution is 2.40. The zero-order chi connectivity index (χ0) is 25.8. The largest absolute Gasteiger partial charge is 0.507 e. The molecule has 1 saturated heterocycles. The number of para-hydroxylation sites is 1. The molecule has 8 heteroatoms. The van der Waals surface area contributed by atoms with Crippen LogP contribution in [0, 0.1) is 6.92 Å². The number of amides is 1. The van der Waals surface area contributed by atoms with E-state index < -0.39 is 17.7 Å². The molecule has 4 rings (SSSR count). The van der Waals surface area contributed by atoms with Gasteiger partial charge in [0, 0.05) is 6.54 Å². The van der Waals surface area contributed by atoms with Gasteiger partial charge in [0.15, 0.2) is 0 Å². The second kappa shape index (κ2) is 10.8. The summed E-state index contributed by atoms with van der Waals surface area (Å²) in [6.45, 7) is 5.42. The van der Waals surface area contributed by atoms with Gasteiger partial charge in [0.05, 0.1) is 41.4 Å². The van der Waals surface area contributed by atoms with Gasteiger partial charge in [-0.15, -0.1) is 0 Å². The van der Waals surface area contributed by atoms with Crippen molar-refractivity contribution in [2.45, 2.75) is 26.3 Å². The van der Waals surface area contributed by atoms with Crippen molar-refractivity contribution in [3.05, 3.63) is 83.2 Å². The van der Waals surface area contributed by atoms with E-state index in [1.54, 1.807) is 9.58 Å². The molecule has 1 fully saturated rings. The van der Waals surface area contributed by atoms with E-state index in [9.17, 15) is 14.7 Å². The van der Waals surface area contributed by atoms with Gasteiger partial charge in [0.25, 0.3) is 11.7 Å². The lowest BCUT2D eigenvalue weighted by molar-refractivity contribution is -0.139. The van der Waals surface area contributed by atoms with Crippen LogP contribution < -0.4 is 4.74 Å². The van der Waals surface area contributed by atoms with Gasteiger partial charge in [-0.25, -0.2) is 4.68 Å². The fourth-order valence-electron chi connectivity index (χ4n) is 4.54. The number of carbonyl (C=O) groups is 2. The molecule has 188 valence electrons. The Morgan fingerprint density at radius 3 is 2.42 bits per heavy atom. The molecular formula is C28H32N4O4. The topological polar surface area (TPSA) is 87.9 Å². The average molecular weight is 489 g/mol. The summed E-state index contributed by atoms with van der Waals surface area (Å²) in [5, 5.41) is 15.9.